The molecule has 0 aromatic heterocycles. The summed E-state index contributed by atoms with van der Waals surface area (Å²) in [7, 11) is 2.16. The van der Waals surface area contributed by atoms with Crippen molar-refractivity contribution in [2.75, 3.05) is 26.7 Å². The monoisotopic (exact) mass is 269 g/mol. The van der Waals surface area contributed by atoms with Gasteiger partial charge < -0.3 is 15.5 Å². The van der Waals surface area contributed by atoms with E-state index in [9.17, 15) is 4.79 Å². The van der Waals surface area contributed by atoms with Gasteiger partial charge in [0.15, 0.2) is 0 Å². The molecule has 4 nitrogen and oxygen atoms in total. The third-order valence-electron chi connectivity index (χ3n) is 4.05. The number of carbonyl (C=O) groups is 1. The number of rotatable bonds is 7. The first-order chi connectivity index (χ1) is 9.04. The number of hydrogen-bond donors (Lipinski definition) is 2. The smallest absolute Gasteiger partial charge is 0.236 e. The summed E-state index contributed by atoms with van der Waals surface area (Å²) >= 11 is 0. The fourth-order valence-electron chi connectivity index (χ4n) is 2.74. The molecule has 0 saturated carbocycles. The van der Waals surface area contributed by atoms with Gasteiger partial charge in [0.25, 0.3) is 0 Å². The zero-order valence-electron chi connectivity index (χ0n) is 13.0. The van der Waals surface area contributed by atoms with Crippen LogP contribution in [0.1, 0.15) is 46.5 Å². The van der Waals surface area contributed by atoms with Crippen LogP contribution < -0.4 is 10.6 Å². The summed E-state index contributed by atoms with van der Waals surface area (Å²) in [6.45, 7) is 9.45. The van der Waals surface area contributed by atoms with E-state index in [1.54, 1.807) is 0 Å². The molecular formula is C15H31N3O. The van der Waals surface area contributed by atoms with Gasteiger partial charge in [-0.25, -0.2) is 0 Å². The van der Waals surface area contributed by atoms with Gasteiger partial charge in [-0.2, -0.15) is 0 Å². The minimum atomic E-state index is -0.0857. The minimum Gasteiger partial charge on any atom is -0.355 e. The summed E-state index contributed by atoms with van der Waals surface area (Å²) in [6, 6.07) is 0.380. The van der Waals surface area contributed by atoms with Crippen molar-refractivity contribution in [1.29, 1.82) is 0 Å². The van der Waals surface area contributed by atoms with Crippen molar-refractivity contribution in [2.45, 2.75) is 58.5 Å². The van der Waals surface area contributed by atoms with E-state index in [-0.39, 0.29) is 11.9 Å². The molecule has 1 saturated heterocycles. The van der Waals surface area contributed by atoms with E-state index in [2.05, 4.69) is 36.4 Å². The Balaban J connectivity index is 2.25. The summed E-state index contributed by atoms with van der Waals surface area (Å²) in [5, 5.41) is 6.51. The molecule has 0 aromatic rings. The number of nitrogens with zero attached hydrogens (tertiary/aromatic N) is 1. The molecular weight excluding hydrogens is 238 g/mol. The molecule has 0 radical (unpaired) electrons. The number of nitrogens with one attached hydrogen (secondary N) is 2. The molecule has 4 heteroatoms. The number of amides is 1. The van der Waals surface area contributed by atoms with E-state index in [0.717, 1.165) is 32.5 Å². The standard InChI is InChI=1S/C15H31N3O/c1-5-6-7-9-16-15(19)13(3)17-14-8-10-18(4)11-12(14)2/h12-14,17H,5-11H2,1-4H3,(H,16,19). The van der Waals surface area contributed by atoms with Crippen LogP contribution in [-0.2, 0) is 4.79 Å². The molecule has 0 aromatic carbocycles. The van der Waals surface area contributed by atoms with Gasteiger partial charge >= 0.3 is 0 Å². The Labute approximate surface area is 118 Å². The lowest BCUT2D eigenvalue weighted by atomic mass is 9.93. The Morgan fingerprint density at radius 1 is 1.42 bits per heavy atom. The molecule has 3 unspecified atom stereocenters. The summed E-state index contributed by atoms with van der Waals surface area (Å²) in [4.78, 5) is 14.3. The van der Waals surface area contributed by atoms with E-state index < -0.39 is 0 Å². The topological polar surface area (TPSA) is 44.4 Å². The predicted octanol–water partition coefficient (Wildman–Crippen LogP) is 1.61. The van der Waals surface area contributed by atoms with Crippen molar-refractivity contribution in [3.05, 3.63) is 0 Å². The predicted molar refractivity (Wildman–Crippen MR) is 80.2 cm³/mol. The number of hydrogen-bond acceptors (Lipinski definition) is 3. The van der Waals surface area contributed by atoms with Crippen LogP contribution in [0.2, 0.25) is 0 Å². The quantitative estimate of drug-likeness (QED) is 0.690. The SMILES string of the molecule is CCCCCNC(=O)C(C)NC1CCN(C)CC1C. The summed E-state index contributed by atoms with van der Waals surface area (Å²) in [5.74, 6) is 0.747. The Morgan fingerprint density at radius 2 is 2.16 bits per heavy atom. The molecule has 3 atom stereocenters. The first-order valence-corrected chi connectivity index (χ1v) is 7.77. The van der Waals surface area contributed by atoms with Crippen LogP contribution in [0.15, 0.2) is 0 Å². The van der Waals surface area contributed by atoms with E-state index in [4.69, 9.17) is 0 Å². The fourth-order valence-corrected chi connectivity index (χ4v) is 2.74. The number of piperidine rings is 1. The number of carbonyl (C=O) groups excluding carboxylic acids is 1. The van der Waals surface area contributed by atoms with Crippen LogP contribution >= 0.6 is 0 Å². The van der Waals surface area contributed by atoms with Crippen LogP contribution in [0, 0.1) is 5.92 Å². The van der Waals surface area contributed by atoms with Gasteiger partial charge in [-0.15, -0.1) is 0 Å². The molecule has 1 aliphatic rings. The molecule has 1 heterocycles. The van der Waals surface area contributed by atoms with Gasteiger partial charge in [0.1, 0.15) is 0 Å². The molecule has 0 aliphatic carbocycles. The lowest BCUT2D eigenvalue weighted by molar-refractivity contribution is -0.123. The van der Waals surface area contributed by atoms with Gasteiger partial charge in [-0.3, -0.25) is 4.79 Å². The largest absolute Gasteiger partial charge is 0.355 e. The zero-order valence-corrected chi connectivity index (χ0v) is 13.0. The molecule has 112 valence electrons. The second kappa shape index (κ2) is 8.54. The molecule has 0 spiro atoms. The van der Waals surface area contributed by atoms with E-state index >= 15 is 0 Å². The highest BCUT2D eigenvalue weighted by atomic mass is 16.2. The number of likely N-dealkylation sites (tertiary alicyclic amines) is 1. The Kier molecular flexibility index (Phi) is 7.39. The highest BCUT2D eigenvalue weighted by Crippen LogP contribution is 2.15. The maximum atomic E-state index is 12.0. The van der Waals surface area contributed by atoms with Crippen molar-refractivity contribution >= 4 is 5.91 Å². The summed E-state index contributed by atoms with van der Waals surface area (Å²) in [5.41, 5.74) is 0. The fraction of sp³-hybridized carbons (Fsp3) is 0.933. The van der Waals surface area contributed by atoms with E-state index in [1.807, 2.05) is 6.92 Å². The lowest BCUT2D eigenvalue weighted by Crippen LogP contribution is -2.53. The molecule has 1 rings (SSSR count). The molecule has 1 fully saturated rings. The Bertz CT molecular complexity index is 270. The second-order valence-corrected chi connectivity index (χ2v) is 6.02. The van der Waals surface area contributed by atoms with Crippen molar-refractivity contribution in [1.82, 2.24) is 15.5 Å². The average molecular weight is 269 g/mol. The summed E-state index contributed by atoms with van der Waals surface area (Å²) < 4.78 is 0. The van der Waals surface area contributed by atoms with Crippen molar-refractivity contribution in [2.24, 2.45) is 5.92 Å². The maximum absolute atomic E-state index is 12.0. The molecule has 2 N–H and O–H groups in total. The maximum Gasteiger partial charge on any atom is 0.236 e. The second-order valence-electron chi connectivity index (χ2n) is 6.02. The highest BCUT2D eigenvalue weighted by molar-refractivity contribution is 5.81. The van der Waals surface area contributed by atoms with Crippen LogP contribution in [0.4, 0.5) is 0 Å². The van der Waals surface area contributed by atoms with Crippen LogP contribution in [0.3, 0.4) is 0 Å². The number of unbranched alkanes of at least 4 members (excludes halogenated alkanes) is 2. The van der Waals surface area contributed by atoms with Crippen LogP contribution in [-0.4, -0.2) is 49.6 Å². The van der Waals surface area contributed by atoms with Gasteiger partial charge in [-0.05, 0) is 39.3 Å². The Hall–Kier alpha value is -0.610. The molecule has 1 aliphatic heterocycles. The third-order valence-corrected chi connectivity index (χ3v) is 4.05. The molecule has 1 amide bonds. The third kappa shape index (κ3) is 5.91. The first kappa shape index (κ1) is 16.4. The van der Waals surface area contributed by atoms with Gasteiger partial charge in [-0.1, -0.05) is 26.7 Å². The van der Waals surface area contributed by atoms with Crippen LogP contribution in [0.5, 0.6) is 0 Å². The minimum absolute atomic E-state index is 0.0857. The van der Waals surface area contributed by atoms with Gasteiger partial charge in [0.2, 0.25) is 5.91 Å². The van der Waals surface area contributed by atoms with Crippen molar-refractivity contribution < 1.29 is 4.79 Å². The molecule has 0 bridgehead atoms. The lowest BCUT2D eigenvalue weighted by Gasteiger charge is -2.36. The first-order valence-electron chi connectivity index (χ1n) is 7.77. The van der Waals surface area contributed by atoms with Crippen molar-refractivity contribution in [3.63, 3.8) is 0 Å². The zero-order chi connectivity index (χ0) is 14.3. The normalized spacial score (nSPS) is 26.1. The summed E-state index contributed by atoms with van der Waals surface area (Å²) in [6.07, 6.45) is 4.59. The van der Waals surface area contributed by atoms with E-state index in [0.29, 0.717) is 12.0 Å². The van der Waals surface area contributed by atoms with Crippen LogP contribution in [0.25, 0.3) is 0 Å². The van der Waals surface area contributed by atoms with Gasteiger partial charge in [0.05, 0.1) is 6.04 Å². The molecule has 19 heavy (non-hydrogen) atoms. The van der Waals surface area contributed by atoms with Crippen molar-refractivity contribution in [3.8, 4) is 0 Å². The van der Waals surface area contributed by atoms with Gasteiger partial charge in [0, 0.05) is 19.1 Å². The average Bonchev–Trinajstić information content (AvgIpc) is 2.37. The Morgan fingerprint density at radius 3 is 2.79 bits per heavy atom. The highest BCUT2D eigenvalue weighted by Gasteiger charge is 2.26. The van der Waals surface area contributed by atoms with E-state index in [1.165, 1.54) is 12.8 Å².